The summed E-state index contributed by atoms with van der Waals surface area (Å²) in [6, 6.07) is 15.6. The molecule has 0 saturated carbocycles. The third kappa shape index (κ3) is 4.64. The molecule has 0 saturated heterocycles. The van der Waals surface area contributed by atoms with Crippen molar-refractivity contribution in [3.8, 4) is 0 Å². The second-order valence-corrected chi connectivity index (χ2v) is 6.20. The average molecular weight is 400 g/mol. The molecule has 0 bridgehead atoms. The van der Waals surface area contributed by atoms with Crippen LogP contribution in [0.4, 0.5) is 10.2 Å². The van der Waals surface area contributed by atoms with Gasteiger partial charge in [0.15, 0.2) is 0 Å². The van der Waals surface area contributed by atoms with E-state index in [1.54, 1.807) is 35.2 Å². The Morgan fingerprint density at radius 2 is 2.04 bits per heavy atom. The minimum absolute atomic E-state index is 0.307. The molecule has 0 fully saturated rings. The van der Waals surface area contributed by atoms with Crippen molar-refractivity contribution in [3.63, 3.8) is 0 Å². The average Bonchev–Trinajstić information content (AvgIpc) is 3.02. The van der Waals surface area contributed by atoms with E-state index in [9.17, 15) is 9.18 Å². The third-order valence-corrected chi connectivity index (χ3v) is 4.30. The summed E-state index contributed by atoms with van der Waals surface area (Å²) in [4.78, 5) is 12.1. The Labute approximate surface area is 153 Å². The van der Waals surface area contributed by atoms with Crippen LogP contribution in [-0.4, -0.2) is 15.7 Å². The van der Waals surface area contributed by atoms with Gasteiger partial charge in [-0.15, -0.1) is 0 Å². The number of carbonyl (C=O) groups excluding carboxylic acids is 1. The predicted octanol–water partition coefficient (Wildman–Crippen LogP) is 4.48. The molecule has 0 radical (unpaired) electrons. The second kappa shape index (κ2) is 7.90. The molecule has 0 atom stereocenters. The van der Waals surface area contributed by atoms with Gasteiger partial charge in [0, 0.05) is 16.6 Å². The maximum atomic E-state index is 13.1. The minimum atomic E-state index is -0.339. The van der Waals surface area contributed by atoms with Gasteiger partial charge in [-0.05, 0) is 35.4 Å². The highest BCUT2D eigenvalue weighted by Gasteiger charge is 2.07. The monoisotopic (exact) mass is 399 g/mol. The van der Waals surface area contributed by atoms with Gasteiger partial charge in [0.1, 0.15) is 11.6 Å². The molecule has 0 unspecified atom stereocenters. The standard InChI is InChI=1S/C19H15BrFN3O/c20-17-7-2-1-5-15(17)13-24-18(10-11-22-24)23-19(25)9-8-14-4-3-6-16(21)12-14/h1-12H,13H2,(H,23,25)/b9-8+. The van der Waals surface area contributed by atoms with Crippen LogP contribution in [0.3, 0.4) is 0 Å². The van der Waals surface area contributed by atoms with Gasteiger partial charge in [0.05, 0.1) is 12.7 Å². The Morgan fingerprint density at radius 1 is 1.20 bits per heavy atom. The maximum Gasteiger partial charge on any atom is 0.249 e. The number of rotatable bonds is 5. The lowest BCUT2D eigenvalue weighted by molar-refractivity contribution is -0.111. The number of aromatic nitrogens is 2. The first kappa shape index (κ1) is 17.1. The summed E-state index contributed by atoms with van der Waals surface area (Å²) < 4.78 is 15.8. The summed E-state index contributed by atoms with van der Waals surface area (Å²) in [7, 11) is 0. The van der Waals surface area contributed by atoms with Crippen LogP contribution in [0.1, 0.15) is 11.1 Å². The summed E-state index contributed by atoms with van der Waals surface area (Å²) >= 11 is 3.50. The van der Waals surface area contributed by atoms with Gasteiger partial charge in [-0.1, -0.05) is 46.3 Å². The van der Waals surface area contributed by atoms with Crippen molar-refractivity contribution in [1.82, 2.24) is 9.78 Å². The molecule has 0 spiro atoms. The molecular formula is C19H15BrFN3O. The van der Waals surface area contributed by atoms with Gasteiger partial charge >= 0.3 is 0 Å². The molecule has 0 aliphatic heterocycles. The number of hydrogen-bond acceptors (Lipinski definition) is 2. The molecule has 25 heavy (non-hydrogen) atoms. The van der Waals surface area contributed by atoms with Crippen LogP contribution in [0, 0.1) is 5.82 Å². The van der Waals surface area contributed by atoms with E-state index in [1.807, 2.05) is 24.3 Å². The lowest BCUT2D eigenvalue weighted by Gasteiger charge is -2.09. The van der Waals surface area contributed by atoms with E-state index < -0.39 is 0 Å². The second-order valence-electron chi connectivity index (χ2n) is 5.34. The van der Waals surface area contributed by atoms with Crippen molar-refractivity contribution in [2.75, 3.05) is 5.32 Å². The normalized spacial score (nSPS) is 11.0. The molecule has 1 N–H and O–H groups in total. The van der Waals surface area contributed by atoms with Gasteiger partial charge < -0.3 is 5.32 Å². The number of nitrogens with one attached hydrogen (secondary N) is 1. The van der Waals surface area contributed by atoms with Gasteiger partial charge in [-0.3, -0.25) is 4.79 Å². The van der Waals surface area contributed by atoms with Crippen LogP contribution in [0.15, 0.2) is 71.3 Å². The predicted molar refractivity (Wildman–Crippen MR) is 99.5 cm³/mol. The summed E-state index contributed by atoms with van der Waals surface area (Å²) in [6.07, 6.45) is 4.56. The largest absolute Gasteiger partial charge is 0.307 e. The zero-order valence-electron chi connectivity index (χ0n) is 13.2. The Hall–Kier alpha value is -2.73. The highest BCUT2D eigenvalue weighted by Crippen LogP contribution is 2.18. The molecule has 6 heteroatoms. The number of amides is 1. The third-order valence-electron chi connectivity index (χ3n) is 3.52. The summed E-state index contributed by atoms with van der Waals surface area (Å²) in [5.41, 5.74) is 1.67. The van der Waals surface area contributed by atoms with E-state index in [0.29, 0.717) is 17.9 Å². The molecule has 1 heterocycles. The van der Waals surface area contributed by atoms with E-state index in [1.165, 1.54) is 18.2 Å². The number of hydrogen-bond donors (Lipinski definition) is 1. The fraction of sp³-hybridized carbons (Fsp3) is 0.0526. The van der Waals surface area contributed by atoms with Crippen molar-refractivity contribution in [1.29, 1.82) is 0 Å². The Balaban J connectivity index is 1.68. The molecule has 0 aliphatic rings. The summed E-state index contributed by atoms with van der Waals surface area (Å²) in [6.45, 7) is 0.525. The van der Waals surface area contributed by atoms with E-state index in [2.05, 4.69) is 26.3 Å². The lowest BCUT2D eigenvalue weighted by atomic mass is 10.2. The molecular weight excluding hydrogens is 385 g/mol. The van der Waals surface area contributed by atoms with E-state index in [-0.39, 0.29) is 11.7 Å². The first-order valence-electron chi connectivity index (χ1n) is 7.62. The topological polar surface area (TPSA) is 46.9 Å². The molecule has 0 aliphatic carbocycles. The first-order chi connectivity index (χ1) is 12.1. The Bertz CT molecular complexity index is 920. The van der Waals surface area contributed by atoms with E-state index >= 15 is 0 Å². The van der Waals surface area contributed by atoms with Crippen molar-refractivity contribution in [3.05, 3.63) is 88.3 Å². The fourth-order valence-corrected chi connectivity index (χ4v) is 2.71. The maximum absolute atomic E-state index is 13.1. The van der Waals surface area contributed by atoms with Crippen LogP contribution in [0.25, 0.3) is 6.08 Å². The van der Waals surface area contributed by atoms with Crippen LogP contribution < -0.4 is 5.32 Å². The van der Waals surface area contributed by atoms with Crippen LogP contribution in [0.2, 0.25) is 0 Å². The van der Waals surface area contributed by atoms with E-state index in [0.717, 1.165) is 10.0 Å². The summed E-state index contributed by atoms with van der Waals surface area (Å²) in [5.74, 6) is -0.0585. The molecule has 1 aromatic heterocycles. The number of halogens is 2. The number of nitrogens with zero attached hydrogens (tertiary/aromatic N) is 2. The van der Waals surface area contributed by atoms with Gasteiger partial charge in [0.25, 0.3) is 0 Å². The van der Waals surface area contributed by atoms with Crippen molar-refractivity contribution < 1.29 is 9.18 Å². The minimum Gasteiger partial charge on any atom is -0.307 e. The zero-order chi connectivity index (χ0) is 17.6. The molecule has 3 aromatic rings. The molecule has 2 aromatic carbocycles. The van der Waals surface area contributed by atoms with Crippen molar-refractivity contribution in [2.45, 2.75) is 6.54 Å². The SMILES string of the molecule is O=C(/C=C/c1cccc(F)c1)Nc1ccnn1Cc1ccccc1Br. The van der Waals surface area contributed by atoms with Crippen molar-refractivity contribution in [2.24, 2.45) is 0 Å². The molecule has 4 nitrogen and oxygen atoms in total. The van der Waals surface area contributed by atoms with Gasteiger partial charge in [-0.2, -0.15) is 5.10 Å². The first-order valence-corrected chi connectivity index (χ1v) is 8.41. The number of benzene rings is 2. The highest BCUT2D eigenvalue weighted by molar-refractivity contribution is 9.10. The molecule has 1 amide bonds. The van der Waals surface area contributed by atoms with Crippen LogP contribution >= 0.6 is 15.9 Å². The van der Waals surface area contributed by atoms with Crippen LogP contribution in [-0.2, 0) is 11.3 Å². The highest BCUT2D eigenvalue weighted by atomic mass is 79.9. The summed E-state index contributed by atoms with van der Waals surface area (Å²) in [5, 5.41) is 7.02. The van der Waals surface area contributed by atoms with Crippen LogP contribution in [0.5, 0.6) is 0 Å². The van der Waals surface area contributed by atoms with Gasteiger partial charge in [-0.25, -0.2) is 9.07 Å². The number of carbonyl (C=O) groups is 1. The fourth-order valence-electron chi connectivity index (χ4n) is 2.30. The smallest absolute Gasteiger partial charge is 0.249 e. The quantitative estimate of drug-likeness (QED) is 0.642. The van der Waals surface area contributed by atoms with Gasteiger partial charge in [0.2, 0.25) is 5.91 Å². The molecule has 126 valence electrons. The van der Waals surface area contributed by atoms with E-state index in [4.69, 9.17) is 0 Å². The number of anilines is 1. The molecule has 3 rings (SSSR count). The zero-order valence-corrected chi connectivity index (χ0v) is 14.8. The lowest BCUT2D eigenvalue weighted by Crippen LogP contribution is -2.14. The Kier molecular flexibility index (Phi) is 5.40. The van der Waals surface area contributed by atoms with Crippen molar-refractivity contribution >= 4 is 33.7 Å². The Morgan fingerprint density at radius 3 is 2.84 bits per heavy atom.